The predicted octanol–water partition coefficient (Wildman–Crippen LogP) is 1.63. The summed E-state index contributed by atoms with van der Waals surface area (Å²) in [5, 5.41) is 15.7. The van der Waals surface area contributed by atoms with Crippen molar-refractivity contribution in [2.45, 2.75) is 31.4 Å². The van der Waals surface area contributed by atoms with Crippen LogP contribution in [0.25, 0.3) is 0 Å². The highest BCUT2D eigenvalue weighted by Crippen LogP contribution is 2.31. The maximum Gasteiger partial charge on any atom is 0.251 e. The van der Waals surface area contributed by atoms with Gasteiger partial charge in [-0.15, -0.1) is 0 Å². The Morgan fingerprint density at radius 1 is 1.29 bits per heavy atom. The largest absolute Gasteiger partial charge is 0.393 e. The number of nitrogens with zero attached hydrogens (tertiary/aromatic N) is 2. The SMILES string of the molecule is CNc1cc(C(=O)N[C@@H](Cc2ccccn2)C2CC(O)C2)ccn1. The van der Waals surface area contributed by atoms with Crippen LogP contribution in [0.3, 0.4) is 0 Å². The van der Waals surface area contributed by atoms with E-state index in [9.17, 15) is 9.90 Å². The van der Waals surface area contributed by atoms with Crippen molar-refractivity contribution >= 4 is 11.7 Å². The highest BCUT2D eigenvalue weighted by molar-refractivity contribution is 5.95. The summed E-state index contributed by atoms with van der Waals surface area (Å²) in [4.78, 5) is 21.1. The smallest absolute Gasteiger partial charge is 0.251 e. The van der Waals surface area contributed by atoms with Gasteiger partial charge in [0, 0.05) is 43.2 Å². The zero-order valence-electron chi connectivity index (χ0n) is 13.6. The molecule has 0 saturated heterocycles. The minimum Gasteiger partial charge on any atom is -0.393 e. The van der Waals surface area contributed by atoms with Crippen LogP contribution in [-0.2, 0) is 6.42 Å². The molecule has 24 heavy (non-hydrogen) atoms. The third kappa shape index (κ3) is 3.89. The van der Waals surface area contributed by atoms with Gasteiger partial charge in [-0.2, -0.15) is 0 Å². The molecule has 1 atom stereocenters. The number of rotatable bonds is 6. The molecule has 0 bridgehead atoms. The van der Waals surface area contributed by atoms with Crippen LogP contribution < -0.4 is 10.6 Å². The maximum absolute atomic E-state index is 12.6. The van der Waals surface area contributed by atoms with Crippen molar-refractivity contribution < 1.29 is 9.90 Å². The second-order valence-electron chi connectivity index (χ2n) is 6.17. The lowest BCUT2D eigenvalue weighted by Crippen LogP contribution is -2.48. The van der Waals surface area contributed by atoms with Crippen molar-refractivity contribution in [3.05, 3.63) is 54.0 Å². The lowest BCUT2D eigenvalue weighted by atomic mass is 9.76. The minimum atomic E-state index is -0.255. The Morgan fingerprint density at radius 2 is 2.12 bits per heavy atom. The second kappa shape index (κ2) is 7.40. The van der Waals surface area contributed by atoms with Crippen molar-refractivity contribution in [2.75, 3.05) is 12.4 Å². The molecule has 1 fully saturated rings. The lowest BCUT2D eigenvalue weighted by molar-refractivity contribution is 0.0238. The van der Waals surface area contributed by atoms with Gasteiger partial charge in [0.1, 0.15) is 5.82 Å². The summed E-state index contributed by atoms with van der Waals surface area (Å²) in [6.07, 6.45) is 5.21. The van der Waals surface area contributed by atoms with E-state index in [1.165, 1.54) is 0 Å². The molecule has 3 N–H and O–H groups in total. The third-order valence-corrected chi connectivity index (χ3v) is 4.47. The van der Waals surface area contributed by atoms with E-state index >= 15 is 0 Å². The molecule has 3 rings (SSSR count). The molecule has 2 aromatic heterocycles. The van der Waals surface area contributed by atoms with Crippen LogP contribution in [0.1, 0.15) is 28.9 Å². The fraction of sp³-hybridized carbons (Fsp3) is 0.389. The van der Waals surface area contributed by atoms with E-state index in [1.54, 1.807) is 31.6 Å². The van der Waals surface area contributed by atoms with Crippen LogP contribution in [0, 0.1) is 5.92 Å². The van der Waals surface area contributed by atoms with Gasteiger partial charge in [-0.05, 0) is 43.0 Å². The maximum atomic E-state index is 12.6. The molecule has 0 radical (unpaired) electrons. The van der Waals surface area contributed by atoms with E-state index in [0.29, 0.717) is 17.8 Å². The van der Waals surface area contributed by atoms with E-state index < -0.39 is 0 Å². The summed E-state index contributed by atoms with van der Waals surface area (Å²) >= 11 is 0. The molecule has 2 aromatic rings. The number of aromatic nitrogens is 2. The minimum absolute atomic E-state index is 0.0398. The third-order valence-electron chi connectivity index (χ3n) is 4.47. The van der Waals surface area contributed by atoms with E-state index in [4.69, 9.17) is 0 Å². The fourth-order valence-electron chi connectivity index (χ4n) is 3.00. The van der Waals surface area contributed by atoms with E-state index in [1.807, 2.05) is 18.2 Å². The molecule has 6 heteroatoms. The topological polar surface area (TPSA) is 87.1 Å². The quantitative estimate of drug-likeness (QED) is 0.751. The number of aliphatic hydroxyl groups excluding tert-OH is 1. The first-order valence-corrected chi connectivity index (χ1v) is 8.18. The molecule has 0 aliphatic heterocycles. The van der Waals surface area contributed by atoms with E-state index in [-0.39, 0.29) is 24.0 Å². The average molecular weight is 326 g/mol. The molecule has 2 heterocycles. The molecule has 126 valence electrons. The van der Waals surface area contributed by atoms with Crippen LogP contribution in [-0.4, -0.2) is 40.2 Å². The van der Waals surface area contributed by atoms with Gasteiger partial charge in [-0.25, -0.2) is 4.98 Å². The molecule has 0 spiro atoms. The van der Waals surface area contributed by atoms with Crippen molar-refractivity contribution in [2.24, 2.45) is 5.92 Å². The van der Waals surface area contributed by atoms with Crippen molar-refractivity contribution in [3.8, 4) is 0 Å². The first kappa shape index (κ1) is 16.4. The Balaban J connectivity index is 1.72. The van der Waals surface area contributed by atoms with Gasteiger partial charge < -0.3 is 15.7 Å². The second-order valence-corrected chi connectivity index (χ2v) is 6.17. The summed E-state index contributed by atoms with van der Waals surface area (Å²) in [7, 11) is 1.77. The standard InChI is InChI=1S/C18H22N4O2/c1-19-17-10-12(5-7-21-17)18(24)22-16(13-8-15(23)9-13)11-14-4-2-3-6-20-14/h2-7,10,13,15-16,23H,8-9,11H2,1H3,(H,19,21)(H,22,24)/t13?,15?,16-/m0/s1. The lowest BCUT2D eigenvalue weighted by Gasteiger charge is -2.38. The monoisotopic (exact) mass is 326 g/mol. The van der Waals surface area contributed by atoms with Gasteiger partial charge >= 0.3 is 0 Å². The van der Waals surface area contributed by atoms with Gasteiger partial charge in [0.05, 0.1) is 6.10 Å². The van der Waals surface area contributed by atoms with Gasteiger partial charge in [0.15, 0.2) is 0 Å². The Hall–Kier alpha value is -2.47. The fourth-order valence-corrected chi connectivity index (χ4v) is 3.00. The van der Waals surface area contributed by atoms with Gasteiger partial charge in [-0.3, -0.25) is 9.78 Å². The summed E-state index contributed by atoms with van der Waals surface area (Å²) in [6, 6.07) is 9.16. The van der Waals surface area contributed by atoms with Gasteiger partial charge in [0.25, 0.3) is 5.91 Å². The number of aliphatic hydroxyl groups is 1. The van der Waals surface area contributed by atoms with E-state index in [0.717, 1.165) is 18.5 Å². The van der Waals surface area contributed by atoms with E-state index in [2.05, 4.69) is 20.6 Å². The summed E-state index contributed by atoms with van der Waals surface area (Å²) in [5.74, 6) is 0.802. The molecule has 1 aliphatic carbocycles. The van der Waals surface area contributed by atoms with Crippen LogP contribution in [0.2, 0.25) is 0 Å². The zero-order valence-corrected chi connectivity index (χ0v) is 13.6. The zero-order chi connectivity index (χ0) is 16.9. The Labute approximate surface area is 141 Å². The number of hydrogen-bond donors (Lipinski definition) is 3. The Morgan fingerprint density at radius 3 is 2.79 bits per heavy atom. The Bertz CT molecular complexity index is 686. The molecule has 1 aliphatic rings. The number of amides is 1. The number of nitrogens with one attached hydrogen (secondary N) is 2. The van der Waals surface area contributed by atoms with Crippen molar-refractivity contribution in [1.29, 1.82) is 0 Å². The number of carbonyl (C=O) groups excluding carboxylic acids is 1. The van der Waals surface area contributed by atoms with Crippen LogP contribution in [0.5, 0.6) is 0 Å². The first-order valence-electron chi connectivity index (χ1n) is 8.18. The molecular formula is C18H22N4O2. The number of pyridine rings is 2. The van der Waals surface area contributed by atoms with Crippen molar-refractivity contribution in [1.82, 2.24) is 15.3 Å². The van der Waals surface area contributed by atoms with Crippen LogP contribution in [0.4, 0.5) is 5.82 Å². The molecular weight excluding hydrogens is 304 g/mol. The van der Waals surface area contributed by atoms with Crippen LogP contribution >= 0.6 is 0 Å². The summed E-state index contributed by atoms with van der Waals surface area (Å²) < 4.78 is 0. The summed E-state index contributed by atoms with van der Waals surface area (Å²) in [5.41, 5.74) is 1.51. The number of hydrogen-bond acceptors (Lipinski definition) is 5. The highest BCUT2D eigenvalue weighted by atomic mass is 16.3. The van der Waals surface area contributed by atoms with Crippen molar-refractivity contribution in [3.63, 3.8) is 0 Å². The normalized spacial score (nSPS) is 20.8. The molecule has 0 aromatic carbocycles. The van der Waals surface area contributed by atoms with Crippen LogP contribution in [0.15, 0.2) is 42.7 Å². The Kier molecular flexibility index (Phi) is 5.05. The predicted molar refractivity (Wildman–Crippen MR) is 91.7 cm³/mol. The first-order chi connectivity index (χ1) is 11.7. The molecule has 1 amide bonds. The average Bonchev–Trinajstić information content (AvgIpc) is 2.59. The number of anilines is 1. The molecule has 1 saturated carbocycles. The molecule has 6 nitrogen and oxygen atoms in total. The number of carbonyl (C=O) groups is 1. The van der Waals surface area contributed by atoms with Gasteiger partial charge in [-0.1, -0.05) is 6.07 Å². The molecule has 0 unspecified atom stereocenters. The summed E-state index contributed by atoms with van der Waals surface area (Å²) in [6.45, 7) is 0. The van der Waals surface area contributed by atoms with Gasteiger partial charge in [0.2, 0.25) is 0 Å². The highest BCUT2D eigenvalue weighted by Gasteiger charge is 2.35.